The minimum absolute atomic E-state index is 0.212. The highest BCUT2D eigenvalue weighted by molar-refractivity contribution is 6.30. The average molecular weight is 360 g/mol. The number of benzene rings is 2. The molecule has 0 aromatic heterocycles. The smallest absolute Gasteiger partial charge is 0.248 e. The highest BCUT2D eigenvalue weighted by Crippen LogP contribution is 2.28. The quantitative estimate of drug-likeness (QED) is 0.700. The van der Waals surface area contributed by atoms with E-state index in [9.17, 15) is 4.79 Å². The summed E-state index contributed by atoms with van der Waals surface area (Å²) >= 11 is 5.92. The second-order valence-electron chi connectivity index (χ2n) is 5.54. The van der Waals surface area contributed by atoms with Crippen molar-refractivity contribution in [2.24, 2.45) is 0 Å². The molecule has 0 bridgehead atoms. The number of rotatable bonds is 7. The molecule has 5 heteroatoms. The molecule has 1 N–H and O–H groups in total. The minimum atomic E-state index is -0.212. The highest BCUT2D eigenvalue weighted by atomic mass is 35.5. The Hall–Kier alpha value is -2.46. The van der Waals surface area contributed by atoms with Crippen LogP contribution in [0.4, 0.5) is 5.69 Å². The van der Waals surface area contributed by atoms with Crippen LogP contribution in [0, 0.1) is 6.92 Å². The maximum Gasteiger partial charge on any atom is 0.248 e. The Balaban J connectivity index is 2.06. The van der Waals surface area contributed by atoms with E-state index < -0.39 is 0 Å². The van der Waals surface area contributed by atoms with Gasteiger partial charge in [-0.3, -0.25) is 4.79 Å². The van der Waals surface area contributed by atoms with Crippen LogP contribution in [0.5, 0.6) is 11.5 Å². The Bertz CT molecular complexity index is 772. The van der Waals surface area contributed by atoms with E-state index in [0.717, 1.165) is 23.2 Å². The zero-order valence-electron chi connectivity index (χ0n) is 14.6. The number of carbonyl (C=O) groups excluding carboxylic acids is 1. The summed E-state index contributed by atoms with van der Waals surface area (Å²) in [6, 6.07) is 10.9. The Morgan fingerprint density at radius 2 is 2.00 bits per heavy atom. The van der Waals surface area contributed by atoms with Crippen molar-refractivity contribution in [1.82, 2.24) is 0 Å². The molecular formula is C20H22ClNO3. The lowest BCUT2D eigenvalue weighted by molar-refractivity contribution is -0.111. The largest absolute Gasteiger partial charge is 0.493 e. The fraction of sp³-hybridized carbons (Fsp3) is 0.250. The van der Waals surface area contributed by atoms with Gasteiger partial charge in [-0.2, -0.15) is 0 Å². The summed E-state index contributed by atoms with van der Waals surface area (Å²) in [4.78, 5) is 12.1. The molecule has 0 radical (unpaired) electrons. The fourth-order valence-corrected chi connectivity index (χ4v) is 2.46. The summed E-state index contributed by atoms with van der Waals surface area (Å²) in [5.74, 6) is 1.13. The molecule has 2 aromatic rings. The molecule has 1 amide bonds. The van der Waals surface area contributed by atoms with E-state index in [0.29, 0.717) is 23.1 Å². The van der Waals surface area contributed by atoms with Gasteiger partial charge in [-0.1, -0.05) is 24.6 Å². The number of hydrogen-bond acceptors (Lipinski definition) is 3. The van der Waals surface area contributed by atoms with Crippen molar-refractivity contribution < 1.29 is 14.3 Å². The lowest BCUT2D eigenvalue weighted by atomic mass is 10.1. The van der Waals surface area contributed by atoms with Crippen LogP contribution in [0.2, 0.25) is 5.02 Å². The Morgan fingerprint density at radius 3 is 2.68 bits per heavy atom. The molecule has 2 rings (SSSR count). The normalized spacial score (nSPS) is 10.7. The summed E-state index contributed by atoms with van der Waals surface area (Å²) in [6.07, 6.45) is 4.14. The number of carbonyl (C=O) groups is 1. The van der Waals surface area contributed by atoms with Gasteiger partial charge in [0.25, 0.3) is 0 Å². The third-order valence-electron chi connectivity index (χ3n) is 3.52. The summed E-state index contributed by atoms with van der Waals surface area (Å²) in [6.45, 7) is 4.57. The minimum Gasteiger partial charge on any atom is -0.493 e. The second-order valence-corrected chi connectivity index (χ2v) is 5.98. The molecule has 0 atom stereocenters. The zero-order chi connectivity index (χ0) is 18.2. The standard InChI is InChI=1S/C20H22ClNO3/c1-4-11-25-18-9-5-15(13-19(18)24-3)6-10-20(23)22-17-8-7-16(21)12-14(17)2/h5-10,12-13H,4,11H2,1-3H3,(H,22,23)/b10-6+. The van der Waals surface area contributed by atoms with Gasteiger partial charge in [-0.05, 0) is 60.9 Å². The molecule has 0 saturated carbocycles. The van der Waals surface area contributed by atoms with Crippen molar-refractivity contribution in [3.8, 4) is 11.5 Å². The maximum atomic E-state index is 12.1. The zero-order valence-corrected chi connectivity index (χ0v) is 15.4. The molecule has 0 spiro atoms. The van der Waals surface area contributed by atoms with Crippen LogP contribution in [0.3, 0.4) is 0 Å². The molecule has 0 aliphatic carbocycles. The molecule has 132 valence electrons. The summed E-state index contributed by atoms with van der Waals surface area (Å²) < 4.78 is 11.0. The van der Waals surface area contributed by atoms with E-state index in [2.05, 4.69) is 5.32 Å². The fourth-order valence-electron chi connectivity index (χ4n) is 2.23. The van der Waals surface area contributed by atoms with Crippen molar-refractivity contribution in [3.05, 3.63) is 58.6 Å². The van der Waals surface area contributed by atoms with Gasteiger partial charge in [0.1, 0.15) is 0 Å². The van der Waals surface area contributed by atoms with Crippen LogP contribution >= 0.6 is 11.6 Å². The third-order valence-corrected chi connectivity index (χ3v) is 3.76. The lowest BCUT2D eigenvalue weighted by Crippen LogP contribution is -2.08. The Morgan fingerprint density at radius 1 is 1.20 bits per heavy atom. The molecular weight excluding hydrogens is 338 g/mol. The Labute approximate surface area is 153 Å². The Kier molecular flexibility index (Phi) is 6.90. The molecule has 0 fully saturated rings. The first-order valence-corrected chi connectivity index (χ1v) is 8.47. The number of aryl methyl sites for hydroxylation is 1. The molecule has 25 heavy (non-hydrogen) atoms. The van der Waals surface area contributed by atoms with Gasteiger partial charge in [0.05, 0.1) is 13.7 Å². The molecule has 0 aliphatic rings. The van der Waals surface area contributed by atoms with E-state index in [-0.39, 0.29) is 5.91 Å². The van der Waals surface area contributed by atoms with Gasteiger partial charge in [0.2, 0.25) is 5.91 Å². The monoisotopic (exact) mass is 359 g/mol. The molecule has 4 nitrogen and oxygen atoms in total. The van der Waals surface area contributed by atoms with Crippen LogP contribution in [-0.4, -0.2) is 19.6 Å². The third kappa shape index (κ3) is 5.54. The molecule has 0 aliphatic heterocycles. The van der Waals surface area contributed by atoms with Gasteiger partial charge < -0.3 is 14.8 Å². The molecule has 0 heterocycles. The van der Waals surface area contributed by atoms with E-state index >= 15 is 0 Å². The van der Waals surface area contributed by atoms with Gasteiger partial charge in [0, 0.05) is 16.8 Å². The summed E-state index contributed by atoms with van der Waals surface area (Å²) in [5, 5.41) is 3.48. The van der Waals surface area contributed by atoms with Crippen LogP contribution in [0.25, 0.3) is 6.08 Å². The van der Waals surface area contributed by atoms with Crippen LogP contribution < -0.4 is 14.8 Å². The van der Waals surface area contributed by atoms with Crippen LogP contribution in [0.15, 0.2) is 42.5 Å². The van der Waals surface area contributed by atoms with Crippen molar-refractivity contribution in [2.75, 3.05) is 19.0 Å². The number of halogens is 1. The van der Waals surface area contributed by atoms with Gasteiger partial charge in [-0.25, -0.2) is 0 Å². The predicted molar refractivity (Wildman–Crippen MR) is 103 cm³/mol. The van der Waals surface area contributed by atoms with E-state index in [1.165, 1.54) is 6.08 Å². The maximum absolute atomic E-state index is 12.1. The lowest BCUT2D eigenvalue weighted by Gasteiger charge is -2.10. The van der Waals surface area contributed by atoms with Crippen LogP contribution in [0.1, 0.15) is 24.5 Å². The molecule has 0 saturated heterocycles. The first-order valence-electron chi connectivity index (χ1n) is 8.09. The number of nitrogens with one attached hydrogen (secondary N) is 1. The molecule has 2 aromatic carbocycles. The number of methoxy groups -OCH3 is 1. The van der Waals surface area contributed by atoms with Crippen molar-refractivity contribution in [3.63, 3.8) is 0 Å². The van der Waals surface area contributed by atoms with Crippen molar-refractivity contribution >= 4 is 29.3 Å². The predicted octanol–water partition coefficient (Wildman–Crippen LogP) is 5.10. The highest BCUT2D eigenvalue weighted by Gasteiger charge is 2.05. The average Bonchev–Trinajstić information content (AvgIpc) is 2.60. The van der Waals surface area contributed by atoms with Crippen LogP contribution in [-0.2, 0) is 4.79 Å². The van der Waals surface area contributed by atoms with E-state index in [4.69, 9.17) is 21.1 Å². The van der Waals surface area contributed by atoms with E-state index in [1.54, 1.807) is 31.4 Å². The van der Waals surface area contributed by atoms with Gasteiger partial charge in [-0.15, -0.1) is 0 Å². The SMILES string of the molecule is CCCOc1ccc(/C=C/C(=O)Nc2ccc(Cl)cc2C)cc1OC. The number of amides is 1. The van der Waals surface area contributed by atoms with Crippen molar-refractivity contribution in [2.45, 2.75) is 20.3 Å². The van der Waals surface area contributed by atoms with Crippen molar-refractivity contribution in [1.29, 1.82) is 0 Å². The summed E-state index contributed by atoms with van der Waals surface area (Å²) in [5.41, 5.74) is 2.50. The first kappa shape index (κ1) is 18.9. The first-order chi connectivity index (χ1) is 12.0. The number of ether oxygens (including phenoxy) is 2. The molecule has 0 unspecified atom stereocenters. The number of hydrogen-bond donors (Lipinski definition) is 1. The van der Waals surface area contributed by atoms with Gasteiger partial charge >= 0.3 is 0 Å². The topological polar surface area (TPSA) is 47.6 Å². The second kappa shape index (κ2) is 9.14. The number of anilines is 1. The van der Waals surface area contributed by atoms with E-state index in [1.807, 2.05) is 32.0 Å². The van der Waals surface area contributed by atoms with Gasteiger partial charge in [0.15, 0.2) is 11.5 Å². The summed E-state index contributed by atoms with van der Waals surface area (Å²) in [7, 11) is 1.59.